The van der Waals surface area contributed by atoms with Crippen LogP contribution in [0.15, 0.2) is 60.3 Å². The van der Waals surface area contributed by atoms with E-state index < -0.39 is 32.6 Å². The maximum absolute atomic E-state index is 13.3. The van der Waals surface area contributed by atoms with Crippen LogP contribution in [0, 0.1) is 5.92 Å². The minimum atomic E-state index is -2.27. The Balaban J connectivity index is 1.59. The molecule has 8 heteroatoms. The van der Waals surface area contributed by atoms with E-state index in [2.05, 4.69) is 78.6 Å². The van der Waals surface area contributed by atoms with E-state index in [1.165, 1.54) is 11.6 Å². The summed E-state index contributed by atoms with van der Waals surface area (Å²) < 4.78 is 31.4. The summed E-state index contributed by atoms with van der Waals surface area (Å²) in [5.41, 5.74) is 2.32. The van der Waals surface area contributed by atoms with Crippen LogP contribution in [-0.4, -0.2) is 74.8 Å². The lowest BCUT2D eigenvalue weighted by Crippen LogP contribution is -2.47. The van der Waals surface area contributed by atoms with Gasteiger partial charge in [0.05, 0.1) is 37.1 Å². The SMILES string of the molecule is C=C1CC(C)CC2CC=CC(CC=CC(=O)OC(C(C=CC3CC(C)=CCO3)O[Si](C)(C)C(C)(C)C)CC3OC3C(O)C1)O2. The average Bonchev–Trinajstić information content (AvgIpc) is 3.69. The van der Waals surface area contributed by atoms with Gasteiger partial charge >= 0.3 is 5.97 Å². The van der Waals surface area contributed by atoms with Crippen molar-refractivity contribution in [3.8, 4) is 0 Å². The first-order valence-electron chi connectivity index (χ1n) is 16.5. The number of hydrogen-bond donors (Lipinski definition) is 1. The van der Waals surface area contributed by atoms with Gasteiger partial charge in [0.2, 0.25) is 0 Å². The Morgan fingerprint density at radius 1 is 1.11 bits per heavy atom. The highest BCUT2D eigenvalue weighted by atomic mass is 28.4. The van der Waals surface area contributed by atoms with Gasteiger partial charge in [0.25, 0.3) is 0 Å². The third kappa shape index (κ3) is 10.4. The van der Waals surface area contributed by atoms with Gasteiger partial charge in [0.15, 0.2) is 8.32 Å². The fraction of sp³-hybridized carbons (Fsp3) is 0.694. The molecule has 0 spiro atoms. The van der Waals surface area contributed by atoms with Crippen molar-refractivity contribution in [2.24, 2.45) is 5.92 Å². The second-order valence-corrected chi connectivity index (χ2v) is 19.6. The number of aliphatic hydroxyl groups excluding tert-OH is 1. The summed E-state index contributed by atoms with van der Waals surface area (Å²) in [6.45, 7) is 20.2. The van der Waals surface area contributed by atoms with Crippen molar-refractivity contribution in [2.45, 2.75) is 147 Å². The number of fused-ring (bicyclic) bond motifs is 3. The van der Waals surface area contributed by atoms with Crippen LogP contribution in [0.1, 0.15) is 79.6 Å². The van der Waals surface area contributed by atoms with E-state index in [-0.39, 0.29) is 35.6 Å². The predicted octanol–water partition coefficient (Wildman–Crippen LogP) is 7.13. The maximum Gasteiger partial charge on any atom is 0.330 e. The van der Waals surface area contributed by atoms with Crippen molar-refractivity contribution >= 4 is 14.3 Å². The average molecular weight is 629 g/mol. The number of cyclic esters (lactones) is 1. The monoisotopic (exact) mass is 628 g/mol. The third-order valence-corrected chi connectivity index (χ3v) is 14.1. The summed E-state index contributed by atoms with van der Waals surface area (Å²) in [5.74, 6) is -0.0267. The number of esters is 1. The van der Waals surface area contributed by atoms with Crippen molar-refractivity contribution in [1.29, 1.82) is 0 Å². The highest BCUT2D eigenvalue weighted by Crippen LogP contribution is 2.40. The molecule has 4 aliphatic rings. The van der Waals surface area contributed by atoms with Crippen molar-refractivity contribution in [3.05, 3.63) is 60.3 Å². The molecule has 4 heterocycles. The normalized spacial score (nSPS) is 35.3. The van der Waals surface area contributed by atoms with Crippen molar-refractivity contribution < 1.29 is 33.3 Å². The van der Waals surface area contributed by atoms with Gasteiger partial charge in [0, 0.05) is 12.5 Å². The largest absolute Gasteiger partial charge is 0.456 e. The highest BCUT2D eigenvalue weighted by molar-refractivity contribution is 6.74. The standard InChI is InChI=1S/C36H56O7Si/c1-24-17-18-39-28(20-24)15-16-31(43-44(7,8)36(4,5)6)32-23-33-35(42-33)30(37)22-26(3)19-25(2)21-29-13-9-11-27(40-29)12-10-14-34(38)41-32/h9-11,14-17,25,27-33,35,37H,3,12-13,18-23H2,1-2,4-8H3. The zero-order valence-electron chi connectivity index (χ0n) is 28.0. The molecule has 0 aromatic heterocycles. The van der Waals surface area contributed by atoms with Crippen LogP contribution < -0.4 is 0 Å². The van der Waals surface area contributed by atoms with Crippen LogP contribution in [0.25, 0.3) is 0 Å². The fourth-order valence-electron chi connectivity index (χ4n) is 6.07. The Kier molecular flexibility index (Phi) is 12.1. The Morgan fingerprint density at radius 3 is 2.61 bits per heavy atom. The predicted molar refractivity (Wildman–Crippen MR) is 177 cm³/mol. The van der Waals surface area contributed by atoms with Crippen molar-refractivity contribution in [2.75, 3.05) is 6.61 Å². The van der Waals surface area contributed by atoms with Gasteiger partial charge in [-0.25, -0.2) is 4.79 Å². The number of epoxide rings is 1. The minimum absolute atomic E-state index is 0.0448. The Morgan fingerprint density at radius 2 is 1.89 bits per heavy atom. The van der Waals surface area contributed by atoms with Crippen molar-refractivity contribution in [3.63, 3.8) is 0 Å². The molecule has 2 bridgehead atoms. The van der Waals surface area contributed by atoms with Gasteiger partial charge in [-0.3, -0.25) is 0 Å². The second kappa shape index (κ2) is 15.2. The van der Waals surface area contributed by atoms with E-state index in [1.807, 2.05) is 12.2 Å². The molecule has 44 heavy (non-hydrogen) atoms. The molecule has 0 amide bonds. The molecule has 4 rings (SSSR count). The number of rotatable bonds is 5. The van der Waals surface area contributed by atoms with Crippen LogP contribution in [-0.2, 0) is 28.2 Å². The first-order valence-corrected chi connectivity index (χ1v) is 19.4. The van der Waals surface area contributed by atoms with Crippen LogP contribution in [0.5, 0.6) is 0 Å². The molecule has 9 unspecified atom stereocenters. The zero-order valence-corrected chi connectivity index (χ0v) is 29.0. The second-order valence-electron chi connectivity index (χ2n) is 14.9. The molecule has 1 saturated heterocycles. The molecule has 1 N–H and O–H groups in total. The van der Waals surface area contributed by atoms with Crippen LogP contribution in [0.2, 0.25) is 18.1 Å². The van der Waals surface area contributed by atoms with E-state index in [4.69, 9.17) is 23.4 Å². The van der Waals surface area contributed by atoms with Crippen LogP contribution in [0.3, 0.4) is 0 Å². The molecule has 0 aromatic carbocycles. The first kappa shape index (κ1) is 35.0. The van der Waals surface area contributed by atoms with Gasteiger partial charge in [-0.05, 0) is 69.5 Å². The summed E-state index contributed by atoms with van der Waals surface area (Å²) in [7, 11) is -2.27. The molecule has 246 valence electrons. The zero-order chi connectivity index (χ0) is 32.1. The molecule has 0 aromatic rings. The Labute approximate surface area is 266 Å². The summed E-state index contributed by atoms with van der Waals surface area (Å²) in [5, 5.41) is 11.0. The summed E-state index contributed by atoms with van der Waals surface area (Å²) in [6, 6.07) is 0. The number of aliphatic hydroxyl groups is 1. The van der Waals surface area contributed by atoms with E-state index >= 15 is 0 Å². The van der Waals surface area contributed by atoms with Gasteiger partial charge in [-0.2, -0.15) is 0 Å². The quantitative estimate of drug-likeness (QED) is 0.150. The number of hydrogen-bond acceptors (Lipinski definition) is 7. The van der Waals surface area contributed by atoms with E-state index in [9.17, 15) is 9.90 Å². The Hall–Kier alpha value is -1.81. The maximum atomic E-state index is 13.3. The van der Waals surface area contributed by atoms with Crippen LogP contribution >= 0.6 is 0 Å². The molecule has 1 fully saturated rings. The smallest absolute Gasteiger partial charge is 0.330 e. The molecule has 0 aliphatic carbocycles. The number of carbonyl (C=O) groups is 1. The summed E-state index contributed by atoms with van der Waals surface area (Å²) >= 11 is 0. The lowest BCUT2D eigenvalue weighted by molar-refractivity contribution is -0.147. The van der Waals surface area contributed by atoms with Gasteiger partial charge < -0.3 is 28.5 Å². The highest BCUT2D eigenvalue weighted by Gasteiger charge is 2.48. The molecule has 0 radical (unpaired) electrons. The van der Waals surface area contributed by atoms with E-state index in [0.717, 1.165) is 31.3 Å². The molecule has 7 nitrogen and oxygen atoms in total. The van der Waals surface area contributed by atoms with Crippen LogP contribution in [0.4, 0.5) is 0 Å². The van der Waals surface area contributed by atoms with Crippen molar-refractivity contribution in [1.82, 2.24) is 0 Å². The van der Waals surface area contributed by atoms with Gasteiger partial charge in [-0.15, -0.1) is 0 Å². The fourth-order valence-corrected chi connectivity index (χ4v) is 7.34. The molecule has 0 saturated carbocycles. The summed E-state index contributed by atoms with van der Waals surface area (Å²) in [4.78, 5) is 13.3. The third-order valence-electron chi connectivity index (χ3n) is 9.66. The Bertz CT molecular complexity index is 1120. The van der Waals surface area contributed by atoms with Gasteiger partial charge in [0.1, 0.15) is 18.3 Å². The lowest BCUT2D eigenvalue weighted by Gasteiger charge is -2.40. The van der Waals surface area contributed by atoms with E-state index in [1.54, 1.807) is 0 Å². The van der Waals surface area contributed by atoms with Gasteiger partial charge in [-0.1, -0.05) is 81.9 Å². The molecule has 9 atom stereocenters. The molecular weight excluding hydrogens is 572 g/mol. The number of ether oxygens (including phenoxy) is 4. The molecule has 4 aliphatic heterocycles. The summed E-state index contributed by atoms with van der Waals surface area (Å²) in [6.07, 6.45) is 16.5. The molecular formula is C36H56O7Si. The minimum Gasteiger partial charge on any atom is -0.456 e. The van der Waals surface area contributed by atoms with E-state index in [0.29, 0.717) is 31.8 Å². The topological polar surface area (TPSA) is 86.8 Å². The number of carbonyl (C=O) groups excluding carboxylic acids is 1. The lowest BCUT2D eigenvalue weighted by atomic mass is 9.91. The first-order chi connectivity index (χ1) is 20.7.